The Morgan fingerprint density at radius 3 is 2.43 bits per heavy atom. The average molecular weight is 402 g/mol. The highest BCUT2D eigenvalue weighted by Crippen LogP contribution is 2.29. The second kappa shape index (κ2) is 10.3. The summed E-state index contributed by atoms with van der Waals surface area (Å²) >= 11 is 0. The fraction of sp³-hybridized carbons (Fsp3) is 0.192. The number of esters is 1. The van der Waals surface area contributed by atoms with Crippen LogP contribution >= 0.6 is 0 Å². The van der Waals surface area contributed by atoms with Gasteiger partial charge in [-0.3, -0.25) is 0 Å². The summed E-state index contributed by atoms with van der Waals surface area (Å²) in [5.74, 6) is 1.35. The molecular weight excluding hydrogens is 376 g/mol. The van der Waals surface area contributed by atoms with Gasteiger partial charge < -0.3 is 14.2 Å². The zero-order chi connectivity index (χ0) is 21.3. The van der Waals surface area contributed by atoms with Gasteiger partial charge in [0.25, 0.3) is 0 Å². The molecule has 0 N–H and O–H groups in total. The first-order chi connectivity index (χ1) is 14.6. The van der Waals surface area contributed by atoms with Crippen molar-refractivity contribution in [1.82, 2.24) is 0 Å². The van der Waals surface area contributed by atoms with E-state index in [9.17, 15) is 4.79 Å². The molecule has 3 aromatic carbocycles. The molecule has 0 spiro atoms. The summed E-state index contributed by atoms with van der Waals surface area (Å²) in [6.07, 6.45) is 4.04. The van der Waals surface area contributed by atoms with Crippen LogP contribution in [0.4, 0.5) is 0 Å². The average Bonchev–Trinajstić information content (AvgIpc) is 2.78. The van der Waals surface area contributed by atoms with Crippen molar-refractivity contribution in [3.8, 4) is 17.2 Å². The van der Waals surface area contributed by atoms with Gasteiger partial charge in [0.1, 0.15) is 12.4 Å². The van der Waals surface area contributed by atoms with E-state index in [1.54, 1.807) is 25.3 Å². The van der Waals surface area contributed by atoms with Gasteiger partial charge in [-0.2, -0.15) is 0 Å². The van der Waals surface area contributed by atoms with E-state index >= 15 is 0 Å². The fourth-order valence-corrected chi connectivity index (χ4v) is 2.94. The van der Waals surface area contributed by atoms with E-state index in [4.69, 9.17) is 14.2 Å². The van der Waals surface area contributed by atoms with E-state index in [1.165, 1.54) is 17.2 Å². The van der Waals surface area contributed by atoms with E-state index in [0.29, 0.717) is 23.9 Å². The van der Waals surface area contributed by atoms with E-state index in [-0.39, 0.29) is 0 Å². The first-order valence-electron chi connectivity index (χ1n) is 9.93. The van der Waals surface area contributed by atoms with Gasteiger partial charge in [-0.05, 0) is 65.9 Å². The largest absolute Gasteiger partial charge is 0.493 e. The molecule has 0 saturated carbocycles. The van der Waals surface area contributed by atoms with E-state index in [2.05, 4.69) is 19.9 Å². The molecule has 0 atom stereocenters. The summed E-state index contributed by atoms with van der Waals surface area (Å²) in [5, 5.41) is 0. The summed E-state index contributed by atoms with van der Waals surface area (Å²) in [5.41, 5.74) is 4.31. The molecule has 0 heterocycles. The van der Waals surface area contributed by atoms with E-state index in [1.807, 2.05) is 48.5 Å². The molecule has 3 aromatic rings. The van der Waals surface area contributed by atoms with Crippen LogP contribution in [-0.2, 0) is 17.8 Å². The summed E-state index contributed by atoms with van der Waals surface area (Å²) in [7, 11) is 1.59. The predicted octanol–water partition coefficient (Wildman–Crippen LogP) is 5.76. The Labute approximate surface area is 177 Å². The molecule has 0 aliphatic carbocycles. The lowest BCUT2D eigenvalue weighted by Gasteiger charge is -2.12. The zero-order valence-corrected chi connectivity index (χ0v) is 17.6. The number of hydrogen-bond acceptors (Lipinski definition) is 4. The minimum atomic E-state index is -0.432. The topological polar surface area (TPSA) is 44.8 Å². The van der Waals surface area contributed by atoms with Gasteiger partial charge in [0, 0.05) is 6.08 Å². The summed E-state index contributed by atoms with van der Waals surface area (Å²) in [4.78, 5) is 12.1. The number of hydrogen-bond donors (Lipinski definition) is 0. The number of methoxy groups -OCH3 is 1. The van der Waals surface area contributed by atoms with Gasteiger partial charge in [0.05, 0.1) is 7.11 Å². The Balaban J connectivity index is 1.63. The Morgan fingerprint density at radius 2 is 1.73 bits per heavy atom. The smallest absolute Gasteiger partial charge is 0.336 e. The normalized spacial score (nSPS) is 10.8. The van der Waals surface area contributed by atoms with Gasteiger partial charge in [-0.1, -0.05) is 49.4 Å². The minimum Gasteiger partial charge on any atom is -0.493 e. The number of rotatable bonds is 8. The maximum atomic E-state index is 12.1. The monoisotopic (exact) mass is 402 g/mol. The minimum absolute atomic E-state index is 0.432. The van der Waals surface area contributed by atoms with Gasteiger partial charge in [-0.15, -0.1) is 0 Å². The van der Waals surface area contributed by atoms with Crippen LogP contribution in [0, 0.1) is 6.92 Å². The molecule has 0 saturated heterocycles. The molecule has 0 unspecified atom stereocenters. The Kier molecular flexibility index (Phi) is 7.28. The lowest BCUT2D eigenvalue weighted by molar-refractivity contribution is -0.128. The quantitative estimate of drug-likeness (QED) is 0.273. The van der Waals surface area contributed by atoms with Crippen LogP contribution in [-0.4, -0.2) is 13.1 Å². The van der Waals surface area contributed by atoms with Crippen LogP contribution in [0.25, 0.3) is 6.08 Å². The van der Waals surface area contributed by atoms with Crippen molar-refractivity contribution in [3.63, 3.8) is 0 Å². The number of carbonyl (C=O) groups is 1. The van der Waals surface area contributed by atoms with Gasteiger partial charge in [0.15, 0.2) is 11.5 Å². The molecule has 30 heavy (non-hydrogen) atoms. The van der Waals surface area contributed by atoms with Crippen molar-refractivity contribution >= 4 is 12.0 Å². The van der Waals surface area contributed by atoms with Crippen molar-refractivity contribution < 1.29 is 19.0 Å². The van der Waals surface area contributed by atoms with Gasteiger partial charge >= 0.3 is 5.97 Å². The van der Waals surface area contributed by atoms with E-state index < -0.39 is 5.97 Å². The third kappa shape index (κ3) is 5.74. The molecule has 154 valence electrons. The fourth-order valence-electron chi connectivity index (χ4n) is 2.94. The van der Waals surface area contributed by atoms with Gasteiger partial charge in [0.2, 0.25) is 0 Å². The molecule has 0 radical (unpaired) electrons. The van der Waals surface area contributed by atoms with Crippen LogP contribution in [0.5, 0.6) is 17.2 Å². The third-order valence-electron chi connectivity index (χ3n) is 4.79. The number of ether oxygens (including phenoxy) is 3. The van der Waals surface area contributed by atoms with Crippen molar-refractivity contribution in [2.75, 3.05) is 7.11 Å². The maximum absolute atomic E-state index is 12.1. The van der Waals surface area contributed by atoms with Crippen molar-refractivity contribution in [1.29, 1.82) is 0 Å². The number of benzene rings is 3. The lowest BCUT2D eigenvalue weighted by atomic mass is 10.1. The molecule has 0 aliphatic rings. The Hall–Kier alpha value is -3.53. The maximum Gasteiger partial charge on any atom is 0.336 e. The SMILES string of the molecule is CCc1ccc(OC(=O)/C=C/c2ccc(OCc3ccccc3C)c(OC)c2)cc1. The molecule has 0 bridgehead atoms. The highest BCUT2D eigenvalue weighted by Gasteiger charge is 2.07. The van der Waals surface area contributed by atoms with Gasteiger partial charge in [-0.25, -0.2) is 4.79 Å². The lowest BCUT2D eigenvalue weighted by Crippen LogP contribution is -2.03. The molecular formula is C26H26O4. The number of aryl methyl sites for hydroxylation is 2. The third-order valence-corrected chi connectivity index (χ3v) is 4.79. The molecule has 4 nitrogen and oxygen atoms in total. The van der Waals surface area contributed by atoms with Crippen LogP contribution in [0.15, 0.2) is 72.8 Å². The summed E-state index contributed by atoms with van der Waals surface area (Å²) in [6.45, 7) is 4.60. The van der Waals surface area contributed by atoms with Crippen LogP contribution in [0.2, 0.25) is 0 Å². The first-order valence-corrected chi connectivity index (χ1v) is 9.93. The standard InChI is InChI=1S/C26H26O4/c1-4-20-9-13-23(14-10-20)30-26(27)16-12-21-11-15-24(25(17-21)28-3)29-18-22-8-6-5-7-19(22)2/h5-17H,4,18H2,1-3H3/b16-12+. The zero-order valence-electron chi connectivity index (χ0n) is 17.6. The Morgan fingerprint density at radius 1 is 0.967 bits per heavy atom. The summed E-state index contributed by atoms with van der Waals surface area (Å²) < 4.78 is 16.7. The van der Waals surface area contributed by atoms with Crippen molar-refractivity contribution in [2.45, 2.75) is 26.9 Å². The highest BCUT2D eigenvalue weighted by atomic mass is 16.5. The molecule has 0 fully saturated rings. The van der Waals surface area contributed by atoms with Crippen LogP contribution in [0.1, 0.15) is 29.2 Å². The van der Waals surface area contributed by atoms with Crippen LogP contribution < -0.4 is 14.2 Å². The number of carbonyl (C=O) groups excluding carboxylic acids is 1. The molecule has 0 aromatic heterocycles. The predicted molar refractivity (Wildman–Crippen MR) is 119 cm³/mol. The van der Waals surface area contributed by atoms with Crippen molar-refractivity contribution in [3.05, 3.63) is 95.1 Å². The second-order valence-corrected chi connectivity index (χ2v) is 6.88. The highest BCUT2D eigenvalue weighted by molar-refractivity contribution is 5.88. The second-order valence-electron chi connectivity index (χ2n) is 6.88. The Bertz CT molecular complexity index is 1020. The first kappa shape index (κ1) is 21.2. The molecule has 3 rings (SSSR count). The molecule has 4 heteroatoms. The molecule has 0 aliphatic heterocycles. The van der Waals surface area contributed by atoms with E-state index in [0.717, 1.165) is 17.5 Å². The van der Waals surface area contributed by atoms with Crippen LogP contribution in [0.3, 0.4) is 0 Å². The van der Waals surface area contributed by atoms with Crippen molar-refractivity contribution in [2.24, 2.45) is 0 Å². The summed E-state index contributed by atoms with van der Waals surface area (Å²) in [6, 6.07) is 21.1. The molecule has 0 amide bonds.